The first-order chi connectivity index (χ1) is 14.7. The molecule has 0 unspecified atom stereocenters. The molecule has 2 aromatic heterocycles. The van der Waals surface area contributed by atoms with Crippen LogP contribution in [-0.2, 0) is 6.18 Å². The number of nitrogens with one attached hydrogen (secondary N) is 1. The zero-order valence-corrected chi connectivity index (χ0v) is 16.2. The van der Waals surface area contributed by atoms with Gasteiger partial charge in [-0.15, -0.1) is 0 Å². The number of carboxylic acid groups (broad SMARTS) is 1. The Labute approximate surface area is 175 Å². The van der Waals surface area contributed by atoms with Crippen molar-refractivity contribution < 1.29 is 23.1 Å². The second-order valence-electron chi connectivity index (χ2n) is 7.27. The van der Waals surface area contributed by atoms with Crippen molar-refractivity contribution >= 4 is 12.0 Å². The summed E-state index contributed by atoms with van der Waals surface area (Å²) >= 11 is 0. The minimum absolute atomic E-state index is 0.0263. The van der Waals surface area contributed by atoms with Crippen molar-refractivity contribution in [1.29, 1.82) is 0 Å². The number of hydrogen-bond donors (Lipinski definition) is 3. The van der Waals surface area contributed by atoms with Crippen molar-refractivity contribution in [2.75, 3.05) is 18.8 Å². The van der Waals surface area contributed by atoms with Gasteiger partial charge in [0.2, 0.25) is 5.95 Å². The van der Waals surface area contributed by atoms with Gasteiger partial charge in [0.1, 0.15) is 5.82 Å². The second kappa shape index (κ2) is 7.89. The summed E-state index contributed by atoms with van der Waals surface area (Å²) in [6.45, 7) is 0.713. The number of carbonyl (C=O) groups is 1. The standard InChI is InChI=1S/C20H19F3N6O2/c21-20(22,23)13-3-1-2-12(10-13)15-16(14-4-7-25-18(24)26-14)28-17(27-15)11-5-8-29(9-6-11)19(30)31/h1-4,7,10-11H,5-6,8-9H2,(H,27,28)(H,30,31)(H2,24,25,26). The number of aromatic amines is 1. The van der Waals surface area contributed by atoms with Gasteiger partial charge in [0.05, 0.1) is 22.6 Å². The number of likely N-dealkylation sites (tertiary alicyclic amines) is 1. The highest BCUT2D eigenvalue weighted by Gasteiger charge is 2.32. The highest BCUT2D eigenvalue weighted by molar-refractivity contribution is 5.77. The number of piperidine rings is 1. The Balaban J connectivity index is 1.76. The molecule has 8 nitrogen and oxygen atoms in total. The van der Waals surface area contributed by atoms with Crippen LogP contribution in [0.1, 0.15) is 30.1 Å². The largest absolute Gasteiger partial charge is 0.465 e. The fraction of sp³-hybridized carbons (Fsp3) is 0.300. The molecule has 11 heteroatoms. The summed E-state index contributed by atoms with van der Waals surface area (Å²) in [5.74, 6) is 0.538. The molecule has 1 saturated heterocycles. The smallest absolute Gasteiger partial charge is 0.416 e. The lowest BCUT2D eigenvalue weighted by Crippen LogP contribution is -2.37. The summed E-state index contributed by atoms with van der Waals surface area (Å²) in [5.41, 5.74) is 6.36. The number of halogens is 3. The maximum Gasteiger partial charge on any atom is 0.416 e. The van der Waals surface area contributed by atoms with Gasteiger partial charge in [0.15, 0.2) is 0 Å². The Morgan fingerprint density at radius 3 is 2.58 bits per heavy atom. The third kappa shape index (κ3) is 4.30. The fourth-order valence-electron chi connectivity index (χ4n) is 3.68. The number of nitrogens with zero attached hydrogens (tertiary/aromatic N) is 4. The average molecular weight is 432 g/mol. The molecule has 162 valence electrons. The Bertz CT molecular complexity index is 1110. The van der Waals surface area contributed by atoms with Crippen molar-refractivity contribution in [3.05, 3.63) is 47.9 Å². The number of imidazole rings is 1. The van der Waals surface area contributed by atoms with Crippen molar-refractivity contribution in [3.8, 4) is 22.6 Å². The van der Waals surface area contributed by atoms with Crippen LogP contribution in [0.2, 0.25) is 0 Å². The molecule has 0 spiro atoms. The molecule has 0 atom stereocenters. The quantitative estimate of drug-likeness (QED) is 0.575. The van der Waals surface area contributed by atoms with E-state index in [1.54, 1.807) is 12.1 Å². The molecule has 1 fully saturated rings. The molecule has 31 heavy (non-hydrogen) atoms. The number of aromatic nitrogens is 4. The van der Waals surface area contributed by atoms with Gasteiger partial charge in [-0.1, -0.05) is 12.1 Å². The molecule has 1 aliphatic heterocycles. The lowest BCUT2D eigenvalue weighted by molar-refractivity contribution is -0.137. The Hall–Kier alpha value is -3.63. The summed E-state index contributed by atoms with van der Waals surface area (Å²) in [6.07, 6.45) is -2.90. The molecular weight excluding hydrogens is 413 g/mol. The van der Waals surface area contributed by atoms with Crippen LogP contribution in [0.5, 0.6) is 0 Å². The number of alkyl halides is 3. The Morgan fingerprint density at radius 2 is 1.94 bits per heavy atom. The SMILES string of the molecule is Nc1nccc(-c2[nH]c(C3CCN(C(=O)O)CC3)nc2-c2cccc(C(F)(F)F)c2)n1. The van der Waals surface area contributed by atoms with Crippen LogP contribution in [-0.4, -0.2) is 49.1 Å². The zero-order chi connectivity index (χ0) is 22.2. The first-order valence-electron chi connectivity index (χ1n) is 9.56. The molecule has 1 aromatic carbocycles. The molecule has 0 aliphatic carbocycles. The van der Waals surface area contributed by atoms with Crippen LogP contribution >= 0.6 is 0 Å². The number of nitrogen functional groups attached to an aromatic ring is 1. The van der Waals surface area contributed by atoms with E-state index in [4.69, 9.17) is 10.8 Å². The zero-order valence-electron chi connectivity index (χ0n) is 16.2. The van der Waals surface area contributed by atoms with E-state index >= 15 is 0 Å². The average Bonchev–Trinajstić information content (AvgIpc) is 3.19. The Kier molecular flexibility index (Phi) is 5.25. The van der Waals surface area contributed by atoms with Crippen LogP contribution in [0, 0.1) is 0 Å². The van der Waals surface area contributed by atoms with Crippen molar-refractivity contribution in [2.45, 2.75) is 24.9 Å². The highest BCUT2D eigenvalue weighted by Crippen LogP contribution is 2.37. The van der Waals surface area contributed by atoms with Gasteiger partial charge in [0, 0.05) is 30.8 Å². The topological polar surface area (TPSA) is 121 Å². The van der Waals surface area contributed by atoms with E-state index in [0.717, 1.165) is 12.1 Å². The first kappa shape index (κ1) is 20.6. The number of hydrogen-bond acceptors (Lipinski definition) is 5. The van der Waals surface area contributed by atoms with E-state index in [0.29, 0.717) is 48.8 Å². The molecule has 0 radical (unpaired) electrons. The monoisotopic (exact) mass is 432 g/mol. The van der Waals surface area contributed by atoms with Crippen LogP contribution in [0.25, 0.3) is 22.6 Å². The third-order valence-corrected chi connectivity index (χ3v) is 5.27. The molecule has 4 rings (SSSR count). The summed E-state index contributed by atoms with van der Waals surface area (Å²) in [5, 5.41) is 9.14. The Morgan fingerprint density at radius 1 is 1.19 bits per heavy atom. The minimum atomic E-state index is -4.49. The second-order valence-corrected chi connectivity index (χ2v) is 7.27. The molecule has 4 N–H and O–H groups in total. The number of rotatable bonds is 3. The normalized spacial score (nSPS) is 15.3. The van der Waals surface area contributed by atoms with E-state index in [9.17, 15) is 18.0 Å². The molecule has 0 saturated carbocycles. The summed E-state index contributed by atoms with van der Waals surface area (Å²) < 4.78 is 39.7. The molecule has 3 aromatic rings. The number of nitrogens with two attached hydrogens (primary N) is 1. The summed E-state index contributed by atoms with van der Waals surface area (Å²) in [7, 11) is 0. The van der Waals surface area contributed by atoms with Gasteiger partial charge in [-0.05, 0) is 31.0 Å². The summed E-state index contributed by atoms with van der Waals surface area (Å²) in [4.78, 5) is 28.3. The van der Waals surface area contributed by atoms with Crippen LogP contribution in [0.15, 0.2) is 36.5 Å². The number of H-pyrrole nitrogens is 1. The maximum atomic E-state index is 13.2. The van der Waals surface area contributed by atoms with Gasteiger partial charge in [-0.25, -0.2) is 19.7 Å². The van der Waals surface area contributed by atoms with E-state index in [1.165, 1.54) is 17.2 Å². The molecule has 1 amide bonds. The van der Waals surface area contributed by atoms with E-state index < -0.39 is 17.8 Å². The first-order valence-corrected chi connectivity index (χ1v) is 9.56. The van der Waals surface area contributed by atoms with Crippen LogP contribution in [0.3, 0.4) is 0 Å². The molecule has 0 bridgehead atoms. The van der Waals surface area contributed by atoms with Crippen LogP contribution in [0.4, 0.5) is 23.9 Å². The molecular formula is C20H19F3N6O2. The predicted octanol–water partition coefficient (Wildman–Crippen LogP) is 3.99. The molecule has 1 aliphatic rings. The number of amides is 1. The number of benzene rings is 1. The van der Waals surface area contributed by atoms with Crippen molar-refractivity contribution in [2.24, 2.45) is 0 Å². The van der Waals surface area contributed by atoms with Crippen molar-refractivity contribution in [1.82, 2.24) is 24.8 Å². The predicted molar refractivity (Wildman–Crippen MR) is 106 cm³/mol. The van der Waals surface area contributed by atoms with E-state index in [1.807, 2.05) is 0 Å². The summed E-state index contributed by atoms with van der Waals surface area (Å²) in [6, 6.07) is 6.52. The highest BCUT2D eigenvalue weighted by atomic mass is 19.4. The van der Waals surface area contributed by atoms with Gasteiger partial charge in [0.25, 0.3) is 0 Å². The van der Waals surface area contributed by atoms with Crippen LogP contribution < -0.4 is 5.73 Å². The maximum absolute atomic E-state index is 13.2. The molecule has 3 heterocycles. The fourth-order valence-corrected chi connectivity index (χ4v) is 3.68. The van der Waals surface area contributed by atoms with E-state index in [2.05, 4.69) is 19.9 Å². The van der Waals surface area contributed by atoms with Gasteiger partial charge in [-0.2, -0.15) is 13.2 Å². The van der Waals surface area contributed by atoms with E-state index in [-0.39, 0.29) is 17.4 Å². The van der Waals surface area contributed by atoms with Crippen molar-refractivity contribution in [3.63, 3.8) is 0 Å². The minimum Gasteiger partial charge on any atom is -0.465 e. The lowest BCUT2D eigenvalue weighted by Gasteiger charge is -2.28. The number of anilines is 1. The van der Waals surface area contributed by atoms with Gasteiger partial charge >= 0.3 is 12.3 Å². The van der Waals surface area contributed by atoms with Gasteiger partial charge in [-0.3, -0.25) is 0 Å². The van der Waals surface area contributed by atoms with Gasteiger partial charge < -0.3 is 20.7 Å². The lowest BCUT2D eigenvalue weighted by atomic mass is 9.96. The third-order valence-electron chi connectivity index (χ3n) is 5.27.